The van der Waals surface area contributed by atoms with E-state index in [0.717, 1.165) is 17.5 Å². The number of aryl methyl sites for hydroxylation is 1. The van der Waals surface area contributed by atoms with Crippen molar-refractivity contribution in [3.63, 3.8) is 0 Å². The highest BCUT2D eigenvalue weighted by Crippen LogP contribution is 2.28. The normalized spacial score (nSPS) is 13.0. The first-order chi connectivity index (χ1) is 10.4. The molecular weight excluding hydrogens is 320 g/mol. The van der Waals surface area contributed by atoms with Crippen LogP contribution in [0.4, 0.5) is 0 Å². The van der Waals surface area contributed by atoms with Gasteiger partial charge in [-0.2, -0.15) is 8.42 Å². The molecule has 0 fully saturated rings. The van der Waals surface area contributed by atoms with Crippen molar-refractivity contribution in [3.05, 3.63) is 64.7 Å². The van der Waals surface area contributed by atoms with Crippen molar-refractivity contribution < 1.29 is 12.6 Å². The standard InChI is InChI=1S/C17H19ClO3S/c1-3-4-17(14-7-9-15(18)10-8-14)21-22(19,20)16-11-5-13(2)6-12-16/h5-12,17H,3-4H2,1-2H3. The van der Waals surface area contributed by atoms with E-state index in [4.69, 9.17) is 15.8 Å². The molecule has 0 heterocycles. The summed E-state index contributed by atoms with van der Waals surface area (Å²) in [5, 5.41) is 0.611. The minimum absolute atomic E-state index is 0.174. The number of halogens is 1. The van der Waals surface area contributed by atoms with Crippen molar-refractivity contribution in [1.82, 2.24) is 0 Å². The molecule has 3 nitrogen and oxygen atoms in total. The van der Waals surface area contributed by atoms with E-state index < -0.39 is 16.2 Å². The quantitative estimate of drug-likeness (QED) is 0.704. The molecule has 0 aliphatic heterocycles. The van der Waals surface area contributed by atoms with Crippen LogP contribution in [0.1, 0.15) is 37.0 Å². The summed E-state index contributed by atoms with van der Waals surface area (Å²) >= 11 is 5.88. The van der Waals surface area contributed by atoms with Crippen LogP contribution in [0.25, 0.3) is 0 Å². The summed E-state index contributed by atoms with van der Waals surface area (Å²) in [5.41, 5.74) is 1.81. The van der Waals surface area contributed by atoms with Crippen LogP contribution in [0.3, 0.4) is 0 Å². The van der Waals surface area contributed by atoms with Crippen LogP contribution in [-0.4, -0.2) is 8.42 Å². The van der Waals surface area contributed by atoms with E-state index >= 15 is 0 Å². The highest BCUT2D eigenvalue weighted by molar-refractivity contribution is 7.86. The lowest BCUT2D eigenvalue weighted by Crippen LogP contribution is -2.12. The molecule has 0 spiro atoms. The topological polar surface area (TPSA) is 43.4 Å². The molecule has 1 unspecified atom stereocenters. The maximum Gasteiger partial charge on any atom is 0.297 e. The Morgan fingerprint density at radius 3 is 2.18 bits per heavy atom. The highest BCUT2D eigenvalue weighted by Gasteiger charge is 2.22. The van der Waals surface area contributed by atoms with Gasteiger partial charge in [0.05, 0.1) is 4.90 Å². The van der Waals surface area contributed by atoms with Crippen LogP contribution >= 0.6 is 11.6 Å². The van der Waals surface area contributed by atoms with Gasteiger partial charge in [-0.15, -0.1) is 0 Å². The van der Waals surface area contributed by atoms with Gasteiger partial charge in [-0.1, -0.05) is 54.8 Å². The van der Waals surface area contributed by atoms with E-state index in [9.17, 15) is 8.42 Å². The third-order valence-corrected chi connectivity index (χ3v) is 4.93. The van der Waals surface area contributed by atoms with E-state index in [2.05, 4.69) is 0 Å². The van der Waals surface area contributed by atoms with Crippen molar-refractivity contribution in [2.45, 2.75) is 37.7 Å². The first kappa shape index (κ1) is 17.0. The Morgan fingerprint density at radius 1 is 1.05 bits per heavy atom. The maximum absolute atomic E-state index is 12.4. The van der Waals surface area contributed by atoms with Gasteiger partial charge in [0.25, 0.3) is 10.1 Å². The monoisotopic (exact) mass is 338 g/mol. The summed E-state index contributed by atoms with van der Waals surface area (Å²) in [6.07, 6.45) is 0.928. The van der Waals surface area contributed by atoms with Gasteiger partial charge < -0.3 is 0 Å². The molecule has 0 aliphatic carbocycles. The summed E-state index contributed by atoms with van der Waals surface area (Å²) in [7, 11) is -3.79. The fraction of sp³-hybridized carbons (Fsp3) is 0.294. The molecule has 0 amide bonds. The average Bonchev–Trinajstić information content (AvgIpc) is 2.48. The summed E-state index contributed by atoms with van der Waals surface area (Å²) in [6.45, 7) is 3.90. The highest BCUT2D eigenvalue weighted by atomic mass is 35.5. The van der Waals surface area contributed by atoms with Crippen LogP contribution in [0.15, 0.2) is 53.4 Å². The second-order valence-corrected chi connectivity index (χ2v) is 7.20. The van der Waals surface area contributed by atoms with Gasteiger partial charge in [-0.05, 0) is 43.2 Å². The zero-order valence-electron chi connectivity index (χ0n) is 12.6. The zero-order chi connectivity index (χ0) is 16.2. The van der Waals surface area contributed by atoms with Gasteiger partial charge >= 0.3 is 0 Å². The Bertz CT molecular complexity index is 707. The van der Waals surface area contributed by atoms with Gasteiger partial charge in [0.1, 0.15) is 6.10 Å². The Hall–Kier alpha value is -1.36. The predicted octanol–water partition coefficient (Wildman–Crippen LogP) is 4.90. The lowest BCUT2D eigenvalue weighted by atomic mass is 10.1. The summed E-state index contributed by atoms with van der Waals surface area (Å²) in [4.78, 5) is 0.174. The van der Waals surface area contributed by atoms with Crippen LogP contribution < -0.4 is 0 Å². The van der Waals surface area contributed by atoms with Crippen molar-refractivity contribution >= 4 is 21.7 Å². The van der Waals surface area contributed by atoms with Gasteiger partial charge in [0, 0.05) is 5.02 Å². The average molecular weight is 339 g/mol. The van der Waals surface area contributed by atoms with Crippen molar-refractivity contribution in [2.24, 2.45) is 0 Å². The van der Waals surface area contributed by atoms with Gasteiger partial charge in [0.2, 0.25) is 0 Å². The first-order valence-electron chi connectivity index (χ1n) is 7.18. The van der Waals surface area contributed by atoms with E-state index in [-0.39, 0.29) is 4.90 Å². The van der Waals surface area contributed by atoms with Gasteiger partial charge in [0.15, 0.2) is 0 Å². The molecule has 0 aromatic heterocycles. The summed E-state index contributed by atoms with van der Waals surface area (Å²) < 4.78 is 30.3. The molecule has 22 heavy (non-hydrogen) atoms. The Morgan fingerprint density at radius 2 is 1.64 bits per heavy atom. The summed E-state index contributed by atoms with van der Waals surface area (Å²) in [5.74, 6) is 0. The minimum atomic E-state index is -3.79. The minimum Gasteiger partial charge on any atom is -0.258 e. The second kappa shape index (κ2) is 7.27. The molecule has 2 rings (SSSR count). The van der Waals surface area contributed by atoms with Crippen molar-refractivity contribution in [3.8, 4) is 0 Å². The Balaban J connectivity index is 2.26. The molecule has 2 aromatic carbocycles. The smallest absolute Gasteiger partial charge is 0.258 e. The molecule has 0 aliphatic rings. The molecule has 2 aromatic rings. The third kappa shape index (κ3) is 4.32. The van der Waals surface area contributed by atoms with Crippen molar-refractivity contribution in [1.29, 1.82) is 0 Å². The Labute approximate surface area is 137 Å². The molecular formula is C17H19ClO3S. The van der Waals surface area contributed by atoms with Crippen LogP contribution in [0, 0.1) is 6.92 Å². The molecule has 0 radical (unpaired) electrons. The van der Waals surface area contributed by atoms with E-state index in [1.165, 1.54) is 0 Å². The molecule has 0 bridgehead atoms. The second-order valence-electron chi connectivity index (χ2n) is 5.19. The Kier molecular flexibility index (Phi) is 5.62. The van der Waals surface area contributed by atoms with Gasteiger partial charge in [-0.3, -0.25) is 4.18 Å². The van der Waals surface area contributed by atoms with E-state index in [1.54, 1.807) is 48.5 Å². The fourth-order valence-electron chi connectivity index (χ4n) is 2.12. The van der Waals surface area contributed by atoms with Crippen LogP contribution in [0.5, 0.6) is 0 Å². The molecule has 1 atom stereocenters. The SMILES string of the molecule is CCCC(OS(=O)(=O)c1ccc(C)cc1)c1ccc(Cl)cc1. The molecule has 118 valence electrons. The maximum atomic E-state index is 12.4. The lowest BCUT2D eigenvalue weighted by Gasteiger charge is -2.17. The van der Waals surface area contributed by atoms with Crippen LogP contribution in [-0.2, 0) is 14.3 Å². The number of hydrogen-bond acceptors (Lipinski definition) is 3. The number of benzene rings is 2. The number of rotatable bonds is 6. The van der Waals surface area contributed by atoms with Crippen LogP contribution in [0.2, 0.25) is 5.02 Å². The number of hydrogen-bond donors (Lipinski definition) is 0. The zero-order valence-corrected chi connectivity index (χ0v) is 14.2. The van der Waals surface area contributed by atoms with Crippen molar-refractivity contribution in [2.75, 3.05) is 0 Å². The first-order valence-corrected chi connectivity index (χ1v) is 8.96. The lowest BCUT2D eigenvalue weighted by molar-refractivity contribution is 0.201. The fourth-order valence-corrected chi connectivity index (χ4v) is 3.34. The van der Waals surface area contributed by atoms with Gasteiger partial charge in [-0.25, -0.2) is 0 Å². The van der Waals surface area contributed by atoms with E-state index in [1.807, 2.05) is 13.8 Å². The molecule has 0 saturated carbocycles. The summed E-state index contributed by atoms with van der Waals surface area (Å²) in [6, 6.07) is 13.7. The van der Waals surface area contributed by atoms with E-state index in [0.29, 0.717) is 11.4 Å². The predicted molar refractivity (Wildman–Crippen MR) is 88.6 cm³/mol. The molecule has 0 N–H and O–H groups in total. The molecule has 5 heteroatoms. The third-order valence-electron chi connectivity index (χ3n) is 3.35. The largest absolute Gasteiger partial charge is 0.297 e. The molecule has 0 saturated heterocycles.